The SMILES string of the molecule is CC(C)(N)C(=O)N1CCC(OC2CCCCC2)CC1.Cl. The van der Waals surface area contributed by atoms with Crippen molar-refractivity contribution in [3.05, 3.63) is 0 Å². The van der Waals surface area contributed by atoms with Crippen molar-refractivity contribution < 1.29 is 9.53 Å². The lowest BCUT2D eigenvalue weighted by molar-refractivity contribution is -0.139. The minimum absolute atomic E-state index is 0. The predicted octanol–water partition coefficient (Wildman–Crippen LogP) is 2.49. The van der Waals surface area contributed by atoms with Gasteiger partial charge >= 0.3 is 0 Å². The van der Waals surface area contributed by atoms with E-state index in [9.17, 15) is 4.79 Å². The molecule has 0 bridgehead atoms. The lowest BCUT2D eigenvalue weighted by atomic mass is 9.96. The van der Waals surface area contributed by atoms with Crippen molar-refractivity contribution in [2.24, 2.45) is 5.73 Å². The molecule has 0 spiro atoms. The van der Waals surface area contributed by atoms with E-state index >= 15 is 0 Å². The highest BCUT2D eigenvalue weighted by atomic mass is 35.5. The second-order valence-corrected chi connectivity index (χ2v) is 6.61. The number of piperidine rings is 1. The third kappa shape index (κ3) is 4.90. The molecule has 0 radical (unpaired) electrons. The van der Waals surface area contributed by atoms with Crippen LogP contribution in [0.25, 0.3) is 0 Å². The molecule has 2 aliphatic rings. The molecule has 1 aliphatic heterocycles. The molecule has 2 fully saturated rings. The Bertz CT molecular complexity index is 303. The fourth-order valence-electron chi connectivity index (χ4n) is 3.08. The van der Waals surface area contributed by atoms with Gasteiger partial charge in [0.25, 0.3) is 0 Å². The quantitative estimate of drug-likeness (QED) is 0.871. The molecule has 0 unspecified atom stereocenters. The maximum Gasteiger partial charge on any atom is 0.242 e. The number of carbonyl (C=O) groups excluding carboxylic acids is 1. The molecule has 1 amide bonds. The topological polar surface area (TPSA) is 55.6 Å². The summed E-state index contributed by atoms with van der Waals surface area (Å²) in [4.78, 5) is 14.0. The van der Waals surface area contributed by atoms with Gasteiger partial charge in [0.1, 0.15) is 0 Å². The third-order valence-corrected chi connectivity index (χ3v) is 4.22. The van der Waals surface area contributed by atoms with Crippen LogP contribution >= 0.6 is 12.4 Å². The first-order valence-corrected chi connectivity index (χ1v) is 7.70. The summed E-state index contributed by atoms with van der Waals surface area (Å²) in [6.07, 6.45) is 9.13. The summed E-state index contributed by atoms with van der Waals surface area (Å²) >= 11 is 0. The van der Waals surface area contributed by atoms with Crippen molar-refractivity contribution in [3.63, 3.8) is 0 Å². The van der Waals surface area contributed by atoms with Gasteiger partial charge in [-0.25, -0.2) is 0 Å². The van der Waals surface area contributed by atoms with Gasteiger partial charge in [-0.1, -0.05) is 19.3 Å². The van der Waals surface area contributed by atoms with E-state index in [1.807, 2.05) is 4.90 Å². The second-order valence-electron chi connectivity index (χ2n) is 6.61. The van der Waals surface area contributed by atoms with Crippen LogP contribution in [0.3, 0.4) is 0 Å². The summed E-state index contributed by atoms with van der Waals surface area (Å²) in [5, 5.41) is 0. The molecule has 2 rings (SSSR count). The molecule has 1 aliphatic carbocycles. The fraction of sp³-hybridized carbons (Fsp3) is 0.933. The van der Waals surface area contributed by atoms with Crippen molar-refractivity contribution in [2.75, 3.05) is 13.1 Å². The lowest BCUT2D eigenvalue weighted by Crippen LogP contribution is -2.54. The number of halogens is 1. The summed E-state index contributed by atoms with van der Waals surface area (Å²) in [7, 11) is 0. The molecule has 0 atom stereocenters. The Labute approximate surface area is 128 Å². The standard InChI is InChI=1S/C15H28N2O2.ClH/c1-15(2,16)14(18)17-10-8-13(9-11-17)19-12-6-4-3-5-7-12;/h12-13H,3-11,16H2,1-2H3;1H. The Hall–Kier alpha value is -0.320. The summed E-state index contributed by atoms with van der Waals surface area (Å²) in [5.41, 5.74) is 5.12. The summed E-state index contributed by atoms with van der Waals surface area (Å²) in [6, 6.07) is 0. The van der Waals surface area contributed by atoms with Gasteiger partial charge in [0.2, 0.25) is 5.91 Å². The van der Waals surface area contributed by atoms with Gasteiger partial charge in [-0.15, -0.1) is 12.4 Å². The van der Waals surface area contributed by atoms with Crippen molar-refractivity contribution in [3.8, 4) is 0 Å². The van der Waals surface area contributed by atoms with E-state index in [0.717, 1.165) is 25.9 Å². The molecule has 20 heavy (non-hydrogen) atoms. The van der Waals surface area contributed by atoms with Crippen LogP contribution in [0.2, 0.25) is 0 Å². The average Bonchev–Trinajstić information content (AvgIpc) is 2.39. The van der Waals surface area contributed by atoms with Crippen LogP contribution in [0.1, 0.15) is 58.8 Å². The zero-order valence-electron chi connectivity index (χ0n) is 12.8. The Morgan fingerprint density at radius 3 is 2.05 bits per heavy atom. The van der Waals surface area contributed by atoms with Crippen LogP contribution in [0.4, 0.5) is 0 Å². The maximum atomic E-state index is 12.1. The first-order chi connectivity index (χ1) is 8.97. The number of nitrogens with zero attached hydrogens (tertiary/aromatic N) is 1. The highest BCUT2D eigenvalue weighted by molar-refractivity contribution is 5.85. The lowest BCUT2D eigenvalue weighted by Gasteiger charge is -2.37. The van der Waals surface area contributed by atoms with Gasteiger partial charge in [0, 0.05) is 13.1 Å². The van der Waals surface area contributed by atoms with Crippen molar-refractivity contribution in [1.29, 1.82) is 0 Å². The Balaban J connectivity index is 0.00000200. The Morgan fingerprint density at radius 1 is 1.05 bits per heavy atom. The molecule has 1 saturated carbocycles. The molecule has 0 aromatic heterocycles. The van der Waals surface area contributed by atoms with Gasteiger partial charge in [-0.2, -0.15) is 0 Å². The molecule has 2 N–H and O–H groups in total. The first kappa shape index (κ1) is 17.7. The van der Waals surface area contributed by atoms with Crippen LogP contribution in [0.5, 0.6) is 0 Å². The van der Waals surface area contributed by atoms with Crippen LogP contribution in [0.15, 0.2) is 0 Å². The average molecular weight is 305 g/mol. The van der Waals surface area contributed by atoms with Crippen LogP contribution < -0.4 is 5.73 Å². The van der Waals surface area contributed by atoms with Crippen LogP contribution in [0, 0.1) is 0 Å². The van der Waals surface area contributed by atoms with Crippen LogP contribution in [-0.4, -0.2) is 41.6 Å². The van der Waals surface area contributed by atoms with E-state index < -0.39 is 5.54 Å². The third-order valence-electron chi connectivity index (χ3n) is 4.22. The van der Waals surface area contributed by atoms with Gasteiger partial charge in [0.05, 0.1) is 17.7 Å². The fourth-order valence-corrected chi connectivity index (χ4v) is 3.08. The van der Waals surface area contributed by atoms with Crippen molar-refractivity contribution in [1.82, 2.24) is 4.90 Å². The smallest absolute Gasteiger partial charge is 0.242 e. The number of ether oxygens (including phenoxy) is 1. The summed E-state index contributed by atoms with van der Waals surface area (Å²) in [5.74, 6) is 0.0589. The molecular weight excluding hydrogens is 276 g/mol. The highest BCUT2D eigenvalue weighted by Gasteiger charge is 2.31. The van der Waals surface area contributed by atoms with E-state index in [1.54, 1.807) is 13.8 Å². The molecule has 1 heterocycles. The number of nitrogens with two attached hydrogens (primary N) is 1. The zero-order chi connectivity index (χ0) is 13.9. The minimum atomic E-state index is -0.753. The predicted molar refractivity (Wildman–Crippen MR) is 83.1 cm³/mol. The minimum Gasteiger partial charge on any atom is -0.375 e. The monoisotopic (exact) mass is 304 g/mol. The van der Waals surface area contributed by atoms with E-state index in [0.29, 0.717) is 12.2 Å². The van der Waals surface area contributed by atoms with E-state index in [1.165, 1.54) is 32.1 Å². The summed E-state index contributed by atoms with van der Waals surface area (Å²) in [6.45, 7) is 5.13. The molecule has 4 nitrogen and oxygen atoms in total. The number of hydrogen-bond donors (Lipinski definition) is 1. The first-order valence-electron chi connectivity index (χ1n) is 7.70. The van der Waals surface area contributed by atoms with Gasteiger partial charge in [-0.3, -0.25) is 4.79 Å². The summed E-state index contributed by atoms with van der Waals surface area (Å²) < 4.78 is 6.18. The van der Waals surface area contributed by atoms with E-state index in [2.05, 4.69) is 0 Å². The van der Waals surface area contributed by atoms with E-state index in [4.69, 9.17) is 10.5 Å². The molecule has 0 aromatic carbocycles. The molecule has 0 aromatic rings. The molecule has 118 valence electrons. The molecule has 1 saturated heterocycles. The zero-order valence-corrected chi connectivity index (χ0v) is 13.6. The van der Waals surface area contributed by atoms with Crippen LogP contribution in [-0.2, 0) is 9.53 Å². The number of likely N-dealkylation sites (tertiary alicyclic amines) is 1. The Kier molecular flexibility index (Phi) is 6.76. The number of hydrogen-bond acceptors (Lipinski definition) is 3. The number of rotatable bonds is 3. The molecule has 5 heteroatoms. The van der Waals surface area contributed by atoms with Gasteiger partial charge < -0.3 is 15.4 Å². The largest absolute Gasteiger partial charge is 0.375 e. The maximum absolute atomic E-state index is 12.1. The van der Waals surface area contributed by atoms with Crippen molar-refractivity contribution >= 4 is 18.3 Å². The Morgan fingerprint density at radius 2 is 1.55 bits per heavy atom. The van der Waals surface area contributed by atoms with E-state index in [-0.39, 0.29) is 18.3 Å². The molecular formula is C15H29ClN2O2. The highest BCUT2D eigenvalue weighted by Crippen LogP contribution is 2.25. The van der Waals surface area contributed by atoms with Crippen molar-refractivity contribution in [2.45, 2.75) is 76.5 Å². The second kappa shape index (κ2) is 7.62. The van der Waals surface area contributed by atoms with Gasteiger partial charge in [-0.05, 0) is 39.5 Å². The normalized spacial score (nSPS) is 22.4. The number of amides is 1. The number of carbonyl (C=O) groups is 1. The van der Waals surface area contributed by atoms with Gasteiger partial charge in [0.15, 0.2) is 0 Å².